The summed E-state index contributed by atoms with van der Waals surface area (Å²) < 4.78 is 11.0. The zero-order valence-corrected chi connectivity index (χ0v) is 19.0. The Hall–Kier alpha value is -2.16. The van der Waals surface area contributed by atoms with Crippen LogP contribution in [0.15, 0.2) is 53.5 Å². The van der Waals surface area contributed by atoms with Crippen LogP contribution in [0.5, 0.6) is 11.5 Å². The van der Waals surface area contributed by atoms with E-state index in [9.17, 15) is 0 Å². The lowest BCUT2D eigenvalue weighted by Crippen LogP contribution is -2.37. The van der Waals surface area contributed by atoms with Crippen LogP contribution in [0.2, 0.25) is 0 Å². The van der Waals surface area contributed by atoms with Gasteiger partial charge in [-0.25, -0.2) is 0 Å². The lowest BCUT2D eigenvalue weighted by Gasteiger charge is -2.27. The maximum Gasteiger partial charge on any atom is 0.189 e. The van der Waals surface area contributed by atoms with E-state index in [0.29, 0.717) is 18.5 Å². The van der Waals surface area contributed by atoms with Gasteiger partial charge in [0.05, 0.1) is 19.8 Å². The third-order valence-corrected chi connectivity index (χ3v) is 5.50. The number of halogens is 1. The number of hydrogen-bond acceptors (Lipinski definition) is 4. The van der Waals surface area contributed by atoms with Crippen LogP contribution in [0.1, 0.15) is 24.4 Å². The first-order valence-corrected chi connectivity index (χ1v) is 9.90. The van der Waals surface area contributed by atoms with E-state index in [4.69, 9.17) is 15.2 Å². The third kappa shape index (κ3) is 5.26. The number of rotatable bonds is 5. The standard InChI is InChI=1S/C22H28N4O2.HI/c1-27-18-6-4-5-17(13-18)26-11-9-16(15-26)14-24-22(23)25-20-10-12-28-21-8-3-2-7-19(20)21;/h2-8,13,16,20H,9-12,14-15H2,1H3,(H3,23,24,25);1H. The number of ether oxygens (including phenoxy) is 2. The van der Waals surface area contributed by atoms with Crippen molar-refractivity contribution in [2.75, 3.05) is 38.3 Å². The van der Waals surface area contributed by atoms with Crippen molar-refractivity contribution < 1.29 is 9.47 Å². The molecule has 2 aliphatic heterocycles. The number of nitrogens with two attached hydrogens (primary N) is 1. The molecule has 1 fully saturated rings. The fourth-order valence-electron chi connectivity index (χ4n) is 3.97. The second-order valence-corrected chi connectivity index (χ2v) is 7.40. The molecule has 0 bridgehead atoms. The summed E-state index contributed by atoms with van der Waals surface area (Å²) in [5.41, 5.74) is 8.55. The number of nitrogens with zero attached hydrogens (tertiary/aromatic N) is 2. The topological polar surface area (TPSA) is 72.1 Å². The quantitative estimate of drug-likeness (QED) is 0.367. The van der Waals surface area contributed by atoms with Gasteiger partial charge in [0.15, 0.2) is 5.96 Å². The highest BCUT2D eigenvalue weighted by Gasteiger charge is 2.24. The molecule has 156 valence electrons. The molecular formula is C22H29IN4O2. The largest absolute Gasteiger partial charge is 0.497 e. The van der Waals surface area contributed by atoms with Crippen LogP contribution in [-0.2, 0) is 0 Å². The van der Waals surface area contributed by atoms with Crippen LogP contribution in [-0.4, -0.2) is 39.3 Å². The Morgan fingerprint density at radius 3 is 2.97 bits per heavy atom. The van der Waals surface area contributed by atoms with Crippen LogP contribution in [0.3, 0.4) is 0 Å². The molecule has 6 nitrogen and oxygen atoms in total. The number of guanidine groups is 1. The predicted octanol–water partition coefficient (Wildman–Crippen LogP) is 3.57. The Labute approximate surface area is 189 Å². The van der Waals surface area contributed by atoms with E-state index >= 15 is 0 Å². The molecule has 2 atom stereocenters. The molecule has 2 aliphatic rings. The first kappa shape index (κ1) is 21.5. The van der Waals surface area contributed by atoms with Crippen molar-refractivity contribution in [3.8, 4) is 11.5 Å². The number of methoxy groups -OCH3 is 1. The van der Waals surface area contributed by atoms with Crippen LogP contribution in [0.4, 0.5) is 5.69 Å². The fourth-order valence-corrected chi connectivity index (χ4v) is 3.97. The number of hydrogen-bond donors (Lipinski definition) is 2. The molecule has 2 aromatic carbocycles. The fraction of sp³-hybridized carbons (Fsp3) is 0.409. The van der Waals surface area contributed by atoms with Crippen LogP contribution in [0.25, 0.3) is 0 Å². The number of fused-ring (bicyclic) bond motifs is 1. The predicted molar refractivity (Wildman–Crippen MR) is 128 cm³/mol. The summed E-state index contributed by atoms with van der Waals surface area (Å²) in [6, 6.07) is 16.5. The first-order chi connectivity index (χ1) is 13.7. The van der Waals surface area contributed by atoms with Gasteiger partial charge in [-0.15, -0.1) is 24.0 Å². The van der Waals surface area contributed by atoms with E-state index in [-0.39, 0.29) is 30.0 Å². The van der Waals surface area contributed by atoms with Gasteiger partial charge in [-0.1, -0.05) is 24.3 Å². The van der Waals surface area contributed by atoms with Crippen molar-refractivity contribution in [1.82, 2.24) is 5.32 Å². The molecule has 3 N–H and O–H groups in total. The van der Waals surface area contributed by atoms with Crippen LogP contribution >= 0.6 is 24.0 Å². The molecule has 0 aromatic heterocycles. The Morgan fingerprint density at radius 2 is 2.10 bits per heavy atom. The van der Waals surface area contributed by atoms with E-state index in [1.807, 2.05) is 30.3 Å². The molecule has 0 amide bonds. The second-order valence-electron chi connectivity index (χ2n) is 7.40. The Bertz CT molecular complexity index is 845. The van der Waals surface area contributed by atoms with Crippen LogP contribution in [0, 0.1) is 5.92 Å². The molecule has 0 saturated carbocycles. The van der Waals surface area contributed by atoms with Crippen molar-refractivity contribution in [3.63, 3.8) is 0 Å². The Kier molecular flexibility index (Phi) is 7.46. The summed E-state index contributed by atoms with van der Waals surface area (Å²) in [5.74, 6) is 2.85. The number of para-hydroxylation sites is 1. The number of anilines is 1. The van der Waals surface area contributed by atoms with E-state index < -0.39 is 0 Å². The van der Waals surface area contributed by atoms with Crippen LogP contribution < -0.4 is 25.4 Å². The van der Waals surface area contributed by atoms with Crippen molar-refractivity contribution >= 4 is 35.6 Å². The average molecular weight is 508 g/mol. The number of aliphatic imine (C=N–C) groups is 1. The summed E-state index contributed by atoms with van der Waals surface area (Å²) in [5, 5.41) is 3.37. The van der Waals surface area contributed by atoms with Gasteiger partial charge in [-0.2, -0.15) is 0 Å². The zero-order valence-electron chi connectivity index (χ0n) is 16.7. The van der Waals surface area contributed by atoms with Crippen molar-refractivity contribution in [2.24, 2.45) is 16.6 Å². The monoisotopic (exact) mass is 508 g/mol. The summed E-state index contributed by atoms with van der Waals surface area (Å²) in [4.78, 5) is 7.02. The summed E-state index contributed by atoms with van der Waals surface area (Å²) in [7, 11) is 1.70. The lowest BCUT2D eigenvalue weighted by atomic mass is 10.0. The zero-order chi connectivity index (χ0) is 19.3. The van der Waals surface area contributed by atoms with Gasteiger partial charge >= 0.3 is 0 Å². The minimum atomic E-state index is 0. The van der Waals surface area contributed by atoms with E-state index in [0.717, 1.165) is 49.5 Å². The van der Waals surface area contributed by atoms with Crippen molar-refractivity contribution in [3.05, 3.63) is 54.1 Å². The average Bonchev–Trinajstić information content (AvgIpc) is 3.22. The molecule has 4 rings (SSSR count). The van der Waals surface area contributed by atoms with E-state index in [1.54, 1.807) is 7.11 Å². The maximum atomic E-state index is 6.19. The van der Waals surface area contributed by atoms with E-state index in [1.165, 1.54) is 5.69 Å². The molecule has 0 spiro atoms. The number of benzene rings is 2. The summed E-state index contributed by atoms with van der Waals surface area (Å²) in [6.45, 7) is 3.46. The second kappa shape index (κ2) is 10.0. The molecule has 2 unspecified atom stereocenters. The van der Waals surface area contributed by atoms with Crippen molar-refractivity contribution in [1.29, 1.82) is 0 Å². The molecule has 7 heteroatoms. The van der Waals surface area contributed by atoms with Gasteiger partial charge in [0.2, 0.25) is 0 Å². The van der Waals surface area contributed by atoms with Gasteiger partial charge in [-0.05, 0) is 30.5 Å². The smallest absolute Gasteiger partial charge is 0.189 e. The first-order valence-electron chi connectivity index (χ1n) is 9.90. The summed E-state index contributed by atoms with van der Waals surface area (Å²) >= 11 is 0. The Morgan fingerprint density at radius 1 is 1.24 bits per heavy atom. The van der Waals surface area contributed by atoms with Gasteiger partial charge in [-0.3, -0.25) is 4.99 Å². The van der Waals surface area contributed by atoms with Gasteiger partial charge in [0.1, 0.15) is 11.5 Å². The maximum absolute atomic E-state index is 6.19. The summed E-state index contributed by atoms with van der Waals surface area (Å²) in [6.07, 6.45) is 2.01. The highest BCUT2D eigenvalue weighted by Crippen LogP contribution is 2.31. The highest BCUT2D eigenvalue weighted by atomic mass is 127. The molecule has 2 heterocycles. The lowest BCUT2D eigenvalue weighted by molar-refractivity contribution is 0.262. The molecule has 0 radical (unpaired) electrons. The SMILES string of the molecule is COc1cccc(N2CCC(CN=C(N)NC3CCOc4ccccc43)C2)c1.I. The minimum absolute atomic E-state index is 0. The minimum Gasteiger partial charge on any atom is -0.497 e. The van der Waals surface area contributed by atoms with E-state index in [2.05, 4.69) is 33.4 Å². The molecule has 0 aliphatic carbocycles. The molecule has 2 aromatic rings. The highest BCUT2D eigenvalue weighted by molar-refractivity contribution is 14.0. The van der Waals surface area contributed by atoms with Gasteiger partial charge in [0.25, 0.3) is 0 Å². The molecular weight excluding hydrogens is 479 g/mol. The normalized spacial score (nSPS) is 21.0. The van der Waals surface area contributed by atoms with Gasteiger partial charge in [0, 0.05) is 43.4 Å². The number of nitrogens with one attached hydrogen (secondary N) is 1. The van der Waals surface area contributed by atoms with Crippen molar-refractivity contribution in [2.45, 2.75) is 18.9 Å². The molecule has 29 heavy (non-hydrogen) atoms. The molecule has 1 saturated heterocycles. The Balaban J connectivity index is 0.00000240. The third-order valence-electron chi connectivity index (χ3n) is 5.50. The van der Waals surface area contributed by atoms with Gasteiger partial charge < -0.3 is 25.4 Å².